The summed E-state index contributed by atoms with van der Waals surface area (Å²) < 4.78 is 9.83. The molecule has 0 unspecified atom stereocenters. The lowest BCUT2D eigenvalue weighted by atomic mass is 10.2. The van der Waals surface area contributed by atoms with Crippen molar-refractivity contribution >= 4 is 5.97 Å². The van der Waals surface area contributed by atoms with Crippen LogP contribution in [0, 0.1) is 0 Å². The Hall–Kier alpha value is -1.25. The normalized spacial score (nSPS) is 10.8. The predicted octanol–water partition coefficient (Wildman–Crippen LogP) is 2.05. The van der Waals surface area contributed by atoms with Gasteiger partial charge in [-0.2, -0.15) is 0 Å². The molecule has 0 aliphatic carbocycles. The number of esters is 1. The van der Waals surface area contributed by atoms with Crippen molar-refractivity contribution in [1.29, 1.82) is 0 Å². The Morgan fingerprint density at radius 2 is 2.15 bits per heavy atom. The van der Waals surface area contributed by atoms with Crippen LogP contribution < -0.4 is 0 Å². The van der Waals surface area contributed by atoms with Crippen LogP contribution in [0.2, 0.25) is 0 Å². The van der Waals surface area contributed by atoms with Crippen LogP contribution >= 0.6 is 0 Å². The lowest BCUT2D eigenvalue weighted by Gasteiger charge is -2.04. The van der Waals surface area contributed by atoms with Gasteiger partial charge in [-0.1, -0.05) is 19.6 Å². The number of ether oxygens (including phenoxy) is 2. The Balaban J connectivity index is 4.06. The summed E-state index contributed by atoms with van der Waals surface area (Å²) in [5.41, 5.74) is 0.545. The standard InChI is InChI=1S/C10H16O3/c1-4-7-13-10(11)9(5-2)8-12-6-3/h4,8H,1,5-7H2,2-3H3. The second kappa shape index (κ2) is 7.40. The molecule has 0 N–H and O–H groups in total. The number of rotatable bonds is 6. The fourth-order valence-corrected chi connectivity index (χ4v) is 0.687. The van der Waals surface area contributed by atoms with Crippen LogP contribution in [-0.4, -0.2) is 19.2 Å². The average Bonchev–Trinajstić information content (AvgIpc) is 2.16. The van der Waals surface area contributed by atoms with Gasteiger partial charge in [-0.15, -0.1) is 0 Å². The first-order valence-corrected chi connectivity index (χ1v) is 4.34. The summed E-state index contributed by atoms with van der Waals surface area (Å²) in [4.78, 5) is 11.2. The minimum Gasteiger partial charge on any atom is -0.501 e. The molecule has 0 aliphatic heterocycles. The summed E-state index contributed by atoms with van der Waals surface area (Å²) in [6.45, 7) is 7.98. The third-order valence-electron chi connectivity index (χ3n) is 1.37. The summed E-state index contributed by atoms with van der Waals surface area (Å²) in [7, 11) is 0. The first kappa shape index (κ1) is 11.8. The van der Waals surface area contributed by atoms with E-state index in [9.17, 15) is 4.79 Å². The SMILES string of the molecule is C=CCOC(=O)C(=COCC)CC. The molecule has 0 aromatic carbocycles. The van der Waals surface area contributed by atoms with Crippen LogP contribution in [0.15, 0.2) is 24.5 Å². The molecule has 0 amide bonds. The van der Waals surface area contributed by atoms with E-state index >= 15 is 0 Å². The van der Waals surface area contributed by atoms with E-state index in [0.29, 0.717) is 18.6 Å². The van der Waals surface area contributed by atoms with Crippen LogP contribution in [0.4, 0.5) is 0 Å². The number of hydrogen-bond donors (Lipinski definition) is 0. The van der Waals surface area contributed by atoms with Gasteiger partial charge in [-0.05, 0) is 13.3 Å². The van der Waals surface area contributed by atoms with E-state index in [-0.39, 0.29) is 12.6 Å². The molecule has 0 fully saturated rings. The smallest absolute Gasteiger partial charge is 0.337 e. The number of carbonyl (C=O) groups excluding carboxylic acids is 1. The molecule has 0 aliphatic rings. The summed E-state index contributed by atoms with van der Waals surface area (Å²) >= 11 is 0. The van der Waals surface area contributed by atoms with Crippen LogP contribution in [0.3, 0.4) is 0 Å². The summed E-state index contributed by atoms with van der Waals surface area (Å²) in [5.74, 6) is -0.337. The Labute approximate surface area is 79.0 Å². The third-order valence-corrected chi connectivity index (χ3v) is 1.37. The third kappa shape index (κ3) is 5.06. The Kier molecular flexibility index (Phi) is 6.69. The van der Waals surface area contributed by atoms with E-state index in [0.717, 1.165) is 0 Å². The zero-order chi connectivity index (χ0) is 10.1. The average molecular weight is 184 g/mol. The lowest BCUT2D eigenvalue weighted by Crippen LogP contribution is -2.07. The van der Waals surface area contributed by atoms with E-state index in [2.05, 4.69) is 6.58 Å². The highest BCUT2D eigenvalue weighted by atomic mass is 16.5. The molecular formula is C10H16O3. The lowest BCUT2D eigenvalue weighted by molar-refractivity contribution is -0.138. The fraction of sp³-hybridized carbons (Fsp3) is 0.500. The zero-order valence-corrected chi connectivity index (χ0v) is 8.21. The molecule has 74 valence electrons. The molecule has 0 heterocycles. The molecule has 0 radical (unpaired) electrons. The molecule has 0 aromatic heterocycles. The highest BCUT2D eigenvalue weighted by Gasteiger charge is 2.07. The summed E-state index contributed by atoms with van der Waals surface area (Å²) in [6, 6.07) is 0. The molecule has 0 spiro atoms. The van der Waals surface area contributed by atoms with E-state index in [1.54, 1.807) is 0 Å². The first-order valence-electron chi connectivity index (χ1n) is 4.34. The Morgan fingerprint density at radius 3 is 2.62 bits per heavy atom. The molecule has 3 heteroatoms. The van der Waals surface area contributed by atoms with Crippen molar-refractivity contribution in [2.45, 2.75) is 20.3 Å². The molecule has 0 atom stereocenters. The van der Waals surface area contributed by atoms with Crippen molar-refractivity contribution < 1.29 is 14.3 Å². The largest absolute Gasteiger partial charge is 0.501 e. The van der Waals surface area contributed by atoms with Gasteiger partial charge >= 0.3 is 5.97 Å². The number of hydrogen-bond acceptors (Lipinski definition) is 3. The summed E-state index contributed by atoms with van der Waals surface area (Å²) in [6.07, 6.45) is 3.59. The van der Waals surface area contributed by atoms with Gasteiger partial charge in [0.05, 0.1) is 18.4 Å². The molecule has 13 heavy (non-hydrogen) atoms. The van der Waals surface area contributed by atoms with Gasteiger partial charge < -0.3 is 9.47 Å². The van der Waals surface area contributed by atoms with Gasteiger partial charge in [0.25, 0.3) is 0 Å². The number of carbonyl (C=O) groups is 1. The molecule has 0 bridgehead atoms. The molecule has 3 nitrogen and oxygen atoms in total. The van der Waals surface area contributed by atoms with E-state index in [1.807, 2.05) is 13.8 Å². The minimum atomic E-state index is -0.337. The minimum absolute atomic E-state index is 0.238. The highest BCUT2D eigenvalue weighted by Crippen LogP contribution is 2.03. The van der Waals surface area contributed by atoms with Crippen molar-refractivity contribution in [3.63, 3.8) is 0 Å². The molecular weight excluding hydrogens is 168 g/mol. The van der Waals surface area contributed by atoms with Gasteiger partial charge in [0, 0.05) is 0 Å². The van der Waals surface area contributed by atoms with Crippen LogP contribution in [0.25, 0.3) is 0 Å². The van der Waals surface area contributed by atoms with Crippen molar-refractivity contribution in [3.05, 3.63) is 24.5 Å². The zero-order valence-electron chi connectivity index (χ0n) is 8.21. The van der Waals surface area contributed by atoms with Crippen molar-refractivity contribution in [2.75, 3.05) is 13.2 Å². The topological polar surface area (TPSA) is 35.5 Å². The predicted molar refractivity (Wildman–Crippen MR) is 51.2 cm³/mol. The molecule has 0 saturated heterocycles. The second-order valence-corrected chi connectivity index (χ2v) is 2.34. The van der Waals surface area contributed by atoms with Crippen molar-refractivity contribution in [3.8, 4) is 0 Å². The Morgan fingerprint density at radius 1 is 1.46 bits per heavy atom. The van der Waals surface area contributed by atoms with Gasteiger partial charge in [-0.3, -0.25) is 0 Å². The van der Waals surface area contributed by atoms with Gasteiger partial charge in [0.15, 0.2) is 0 Å². The van der Waals surface area contributed by atoms with Gasteiger partial charge in [-0.25, -0.2) is 4.79 Å². The van der Waals surface area contributed by atoms with Crippen LogP contribution in [0.5, 0.6) is 0 Å². The molecule has 0 aromatic rings. The molecule has 0 rings (SSSR count). The van der Waals surface area contributed by atoms with Gasteiger partial charge in [0.2, 0.25) is 0 Å². The van der Waals surface area contributed by atoms with Crippen molar-refractivity contribution in [2.24, 2.45) is 0 Å². The fourth-order valence-electron chi connectivity index (χ4n) is 0.687. The first-order chi connectivity index (χ1) is 6.26. The van der Waals surface area contributed by atoms with Crippen LogP contribution in [0.1, 0.15) is 20.3 Å². The maximum Gasteiger partial charge on any atom is 0.337 e. The second-order valence-electron chi connectivity index (χ2n) is 2.34. The Bertz CT molecular complexity index is 194. The maximum absolute atomic E-state index is 11.2. The molecule has 0 saturated carbocycles. The van der Waals surface area contributed by atoms with E-state index in [1.165, 1.54) is 12.3 Å². The van der Waals surface area contributed by atoms with E-state index in [4.69, 9.17) is 9.47 Å². The maximum atomic E-state index is 11.2. The monoisotopic (exact) mass is 184 g/mol. The van der Waals surface area contributed by atoms with Crippen LogP contribution in [-0.2, 0) is 14.3 Å². The highest BCUT2D eigenvalue weighted by molar-refractivity contribution is 5.88. The van der Waals surface area contributed by atoms with Crippen molar-refractivity contribution in [1.82, 2.24) is 0 Å². The van der Waals surface area contributed by atoms with E-state index < -0.39 is 0 Å². The van der Waals surface area contributed by atoms with Gasteiger partial charge in [0.1, 0.15) is 6.61 Å². The quantitative estimate of drug-likeness (QED) is 0.274. The summed E-state index contributed by atoms with van der Waals surface area (Å²) in [5, 5.41) is 0.